The maximum absolute atomic E-state index is 13.1. The second-order valence-corrected chi connectivity index (χ2v) is 7.28. The molecule has 1 N–H and O–H groups in total. The Hall–Kier alpha value is -4.52. The van der Waals surface area contributed by atoms with Crippen LogP contribution in [0.25, 0.3) is 11.8 Å². The van der Waals surface area contributed by atoms with Crippen molar-refractivity contribution in [2.75, 3.05) is 0 Å². The van der Waals surface area contributed by atoms with Crippen molar-refractivity contribution in [1.82, 2.24) is 4.90 Å². The molecule has 0 saturated carbocycles. The highest BCUT2D eigenvalue weighted by molar-refractivity contribution is 6.48. The maximum atomic E-state index is 13.1. The summed E-state index contributed by atoms with van der Waals surface area (Å²) in [6.45, 7) is 0. The second kappa shape index (κ2) is 7.96. The highest BCUT2D eigenvalue weighted by atomic mass is 16.4. The lowest BCUT2D eigenvalue weighted by Crippen LogP contribution is -2.36. The molecule has 3 aromatic rings. The predicted molar refractivity (Wildman–Crippen MR) is 120 cm³/mol. The van der Waals surface area contributed by atoms with Gasteiger partial charge in [0.25, 0.3) is 5.91 Å². The van der Waals surface area contributed by atoms with E-state index in [0.717, 1.165) is 5.56 Å². The van der Waals surface area contributed by atoms with Crippen LogP contribution in [0.2, 0.25) is 0 Å². The van der Waals surface area contributed by atoms with E-state index in [9.17, 15) is 14.7 Å². The fraction of sp³-hybridized carbons (Fsp3) is 0.0400. The van der Waals surface area contributed by atoms with Crippen molar-refractivity contribution in [2.45, 2.75) is 6.42 Å². The van der Waals surface area contributed by atoms with Crippen LogP contribution in [0.4, 0.5) is 0 Å². The highest BCUT2D eigenvalue weighted by Gasteiger charge is 2.35. The summed E-state index contributed by atoms with van der Waals surface area (Å²) in [6.07, 6.45) is 5.18. The molecule has 5 rings (SSSR count). The summed E-state index contributed by atoms with van der Waals surface area (Å²) < 4.78 is 5.33. The smallest absolute Gasteiger partial charge is 0.335 e. The molecule has 0 saturated heterocycles. The first kappa shape index (κ1) is 19.4. The molecule has 0 atom stereocenters. The minimum absolute atomic E-state index is 0.147. The Morgan fingerprint density at radius 3 is 2.62 bits per heavy atom. The van der Waals surface area contributed by atoms with Gasteiger partial charge in [0.1, 0.15) is 11.5 Å². The van der Waals surface area contributed by atoms with Gasteiger partial charge in [0.15, 0.2) is 5.84 Å². The van der Waals surface area contributed by atoms with Crippen LogP contribution in [-0.4, -0.2) is 33.4 Å². The summed E-state index contributed by atoms with van der Waals surface area (Å²) in [5.41, 5.74) is 3.12. The Morgan fingerprint density at radius 2 is 1.88 bits per heavy atom. The van der Waals surface area contributed by atoms with Gasteiger partial charge in [-0.1, -0.05) is 42.5 Å². The van der Waals surface area contributed by atoms with Crippen LogP contribution in [0.1, 0.15) is 27.2 Å². The van der Waals surface area contributed by atoms with Crippen molar-refractivity contribution in [2.24, 2.45) is 9.98 Å². The van der Waals surface area contributed by atoms with E-state index in [0.29, 0.717) is 35.0 Å². The molecule has 3 heterocycles. The normalized spacial score (nSPS) is 16.5. The number of carbonyl (C=O) groups excluding carboxylic acids is 1. The number of hydrogen-bond acceptors (Lipinski definition) is 5. The van der Waals surface area contributed by atoms with E-state index in [1.54, 1.807) is 42.6 Å². The van der Waals surface area contributed by atoms with Crippen LogP contribution in [0, 0.1) is 0 Å². The number of amidine groups is 1. The summed E-state index contributed by atoms with van der Waals surface area (Å²) in [7, 11) is 0. The summed E-state index contributed by atoms with van der Waals surface area (Å²) >= 11 is 0. The van der Waals surface area contributed by atoms with Crippen LogP contribution < -0.4 is 0 Å². The average molecular weight is 423 g/mol. The Morgan fingerprint density at radius 1 is 1.03 bits per heavy atom. The zero-order chi connectivity index (χ0) is 22.1. The van der Waals surface area contributed by atoms with E-state index < -0.39 is 5.97 Å². The molecule has 1 aromatic heterocycles. The van der Waals surface area contributed by atoms with Gasteiger partial charge in [-0.2, -0.15) is 0 Å². The summed E-state index contributed by atoms with van der Waals surface area (Å²) in [5, 5.41) is 9.35. The van der Waals surface area contributed by atoms with Crippen molar-refractivity contribution < 1.29 is 19.1 Å². The molecular formula is C25H17N3O4. The van der Waals surface area contributed by atoms with Crippen LogP contribution in [0.5, 0.6) is 0 Å². The van der Waals surface area contributed by atoms with Gasteiger partial charge in [-0.15, -0.1) is 0 Å². The molecule has 0 aliphatic carbocycles. The number of carbonyl (C=O) groups is 2. The van der Waals surface area contributed by atoms with E-state index in [1.807, 2.05) is 30.3 Å². The van der Waals surface area contributed by atoms with Crippen LogP contribution >= 0.6 is 0 Å². The van der Waals surface area contributed by atoms with Crippen LogP contribution in [0.15, 0.2) is 99.3 Å². The van der Waals surface area contributed by atoms with Crippen molar-refractivity contribution in [3.8, 4) is 0 Å². The second-order valence-electron chi connectivity index (χ2n) is 7.28. The molecule has 0 spiro atoms. The van der Waals surface area contributed by atoms with Gasteiger partial charge in [-0.3, -0.25) is 9.69 Å². The number of carboxylic acids is 1. The van der Waals surface area contributed by atoms with Gasteiger partial charge in [0.05, 0.1) is 23.2 Å². The molecule has 0 radical (unpaired) electrons. The first-order valence-electron chi connectivity index (χ1n) is 9.93. The molecule has 1 amide bonds. The maximum Gasteiger partial charge on any atom is 0.335 e. The largest absolute Gasteiger partial charge is 0.478 e. The zero-order valence-electron chi connectivity index (χ0n) is 16.8. The number of furan rings is 1. The molecule has 32 heavy (non-hydrogen) atoms. The quantitative estimate of drug-likeness (QED) is 0.621. The van der Waals surface area contributed by atoms with Crippen molar-refractivity contribution >= 4 is 35.2 Å². The Bertz CT molecular complexity index is 1330. The molecular weight excluding hydrogens is 406 g/mol. The van der Waals surface area contributed by atoms with E-state index in [1.165, 1.54) is 17.2 Å². The number of fused-ring (bicyclic) bond motifs is 1. The highest BCUT2D eigenvalue weighted by Crippen LogP contribution is 2.29. The number of rotatable bonds is 5. The third-order valence-corrected chi connectivity index (χ3v) is 5.10. The van der Waals surface area contributed by atoms with Gasteiger partial charge >= 0.3 is 5.97 Å². The van der Waals surface area contributed by atoms with Gasteiger partial charge < -0.3 is 9.52 Å². The molecule has 0 bridgehead atoms. The van der Waals surface area contributed by atoms with E-state index in [4.69, 9.17) is 9.41 Å². The molecule has 7 nitrogen and oxygen atoms in total. The Kier molecular flexibility index (Phi) is 4.84. The minimum Gasteiger partial charge on any atom is -0.478 e. The molecule has 156 valence electrons. The first-order chi connectivity index (χ1) is 15.6. The van der Waals surface area contributed by atoms with Crippen LogP contribution in [0.3, 0.4) is 0 Å². The fourth-order valence-corrected chi connectivity index (χ4v) is 3.57. The Labute approximate surface area is 183 Å². The lowest BCUT2D eigenvalue weighted by atomic mass is 10.0. The van der Waals surface area contributed by atoms with E-state index in [-0.39, 0.29) is 17.2 Å². The SMILES string of the molecule is O=C(O)c1cccc(C2=CN3C(=O)C(=Cc4ccco4)N=C3C(Cc3ccccc3)=N2)c1. The molecule has 7 heteroatoms. The molecule has 2 aliphatic rings. The number of benzene rings is 2. The lowest BCUT2D eigenvalue weighted by molar-refractivity contribution is -0.120. The molecule has 0 fully saturated rings. The monoisotopic (exact) mass is 423 g/mol. The standard InChI is InChI=1S/C25H17N3O4/c29-24-21(14-19-10-5-11-32-19)27-23-20(12-16-6-2-1-3-7-16)26-22(15-28(23)24)17-8-4-9-18(13-17)25(30)31/h1-11,13-15H,12H2,(H,30,31). The number of aromatic carboxylic acids is 1. The fourth-order valence-electron chi connectivity index (χ4n) is 3.57. The molecule has 2 aliphatic heterocycles. The van der Waals surface area contributed by atoms with Crippen molar-refractivity contribution in [3.63, 3.8) is 0 Å². The van der Waals surface area contributed by atoms with Gasteiger partial charge in [0.2, 0.25) is 0 Å². The van der Waals surface area contributed by atoms with E-state index in [2.05, 4.69) is 4.99 Å². The third kappa shape index (κ3) is 3.67. The number of amides is 1. The molecule has 0 unspecified atom stereocenters. The number of nitrogens with zero attached hydrogens (tertiary/aromatic N) is 3. The number of carboxylic acid groups (broad SMARTS) is 1. The average Bonchev–Trinajstić information content (AvgIpc) is 3.43. The lowest BCUT2D eigenvalue weighted by Gasteiger charge is -2.22. The van der Waals surface area contributed by atoms with Gasteiger partial charge in [-0.05, 0) is 29.8 Å². The molecule has 2 aromatic carbocycles. The number of hydrogen-bond donors (Lipinski definition) is 1. The predicted octanol–water partition coefficient (Wildman–Crippen LogP) is 4.26. The van der Waals surface area contributed by atoms with Crippen molar-refractivity contribution in [3.05, 3.63) is 107 Å². The number of aliphatic imine (C=N–C) groups is 2. The summed E-state index contributed by atoms with van der Waals surface area (Å²) in [6, 6.07) is 19.7. The van der Waals surface area contributed by atoms with Crippen LogP contribution in [-0.2, 0) is 11.2 Å². The first-order valence-corrected chi connectivity index (χ1v) is 9.93. The van der Waals surface area contributed by atoms with Gasteiger partial charge in [0, 0.05) is 24.3 Å². The summed E-state index contributed by atoms with van der Waals surface area (Å²) in [5.74, 6) is -0.351. The zero-order valence-corrected chi connectivity index (χ0v) is 16.8. The van der Waals surface area contributed by atoms with Gasteiger partial charge in [-0.25, -0.2) is 14.8 Å². The van der Waals surface area contributed by atoms with Crippen molar-refractivity contribution in [1.29, 1.82) is 0 Å². The topological polar surface area (TPSA) is 95.5 Å². The Balaban J connectivity index is 1.59. The van der Waals surface area contributed by atoms with E-state index >= 15 is 0 Å². The summed E-state index contributed by atoms with van der Waals surface area (Å²) in [4.78, 5) is 35.3. The third-order valence-electron chi connectivity index (χ3n) is 5.10. The minimum atomic E-state index is -1.03.